The summed E-state index contributed by atoms with van der Waals surface area (Å²) in [5, 5.41) is 14.1. The van der Waals surface area contributed by atoms with Gasteiger partial charge >= 0.3 is 6.09 Å². The molecule has 1 aromatic heterocycles. The average molecular weight is 358 g/mol. The summed E-state index contributed by atoms with van der Waals surface area (Å²) in [6.07, 6.45) is -0.171. The molecule has 0 radical (unpaired) electrons. The van der Waals surface area contributed by atoms with E-state index in [0.29, 0.717) is 26.2 Å². The second-order valence-corrected chi connectivity index (χ2v) is 7.53. The largest absolute Gasteiger partial charge is 0.465 e. The number of rotatable bonds is 1. The highest BCUT2D eigenvalue weighted by molar-refractivity contribution is 9.10. The quantitative estimate of drug-likeness (QED) is 0.838. The number of nitrogens with zero attached hydrogens (tertiary/aromatic N) is 3. The van der Waals surface area contributed by atoms with Crippen LogP contribution in [0.5, 0.6) is 0 Å². The fraction of sp³-hybridized carbons (Fsp3) is 0.714. The van der Waals surface area contributed by atoms with E-state index in [0.717, 1.165) is 15.9 Å². The molecule has 1 atom stereocenters. The normalized spacial score (nSPS) is 22.9. The van der Waals surface area contributed by atoms with Crippen LogP contribution in [0.4, 0.5) is 4.79 Å². The fourth-order valence-electron chi connectivity index (χ4n) is 3.26. The maximum Gasteiger partial charge on any atom is 0.407 e. The van der Waals surface area contributed by atoms with E-state index >= 15 is 0 Å². The monoisotopic (exact) mass is 357 g/mol. The van der Waals surface area contributed by atoms with E-state index in [1.807, 2.05) is 4.68 Å². The van der Waals surface area contributed by atoms with Crippen molar-refractivity contribution in [3.8, 4) is 0 Å². The molecule has 0 spiro atoms. The lowest BCUT2D eigenvalue weighted by Gasteiger charge is -2.42. The summed E-state index contributed by atoms with van der Waals surface area (Å²) >= 11 is 3.54. The van der Waals surface area contributed by atoms with E-state index < -0.39 is 6.09 Å². The summed E-state index contributed by atoms with van der Waals surface area (Å²) < 4.78 is 8.05. The van der Waals surface area contributed by atoms with Gasteiger partial charge in [0.05, 0.1) is 25.3 Å². The highest BCUT2D eigenvalue weighted by Crippen LogP contribution is 2.45. The van der Waals surface area contributed by atoms with Crippen LogP contribution < -0.4 is 0 Å². The van der Waals surface area contributed by atoms with Crippen molar-refractivity contribution in [3.05, 3.63) is 15.9 Å². The molecule has 3 rings (SSSR count). The smallest absolute Gasteiger partial charge is 0.407 e. The molecule has 0 aromatic carbocycles. The van der Waals surface area contributed by atoms with Crippen molar-refractivity contribution >= 4 is 22.0 Å². The van der Waals surface area contributed by atoms with E-state index in [-0.39, 0.29) is 17.5 Å². The molecule has 2 aliphatic heterocycles. The molecule has 116 valence electrons. The fourth-order valence-corrected chi connectivity index (χ4v) is 3.87. The van der Waals surface area contributed by atoms with Crippen LogP contribution in [-0.2, 0) is 11.2 Å². The van der Waals surface area contributed by atoms with Crippen molar-refractivity contribution < 1.29 is 14.6 Å². The lowest BCUT2D eigenvalue weighted by Crippen LogP contribution is -2.45. The van der Waals surface area contributed by atoms with E-state index in [1.54, 1.807) is 0 Å². The third kappa shape index (κ3) is 2.36. The Morgan fingerprint density at radius 1 is 1.43 bits per heavy atom. The maximum atomic E-state index is 11.6. The van der Waals surface area contributed by atoms with Gasteiger partial charge in [-0.15, -0.1) is 0 Å². The van der Waals surface area contributed by atoms with Gasteiger partial charge in [-0.2, -0.15) is 5.10 Å². The molecule has 0 saturated carbocycles. The molecule has 6 nitrogen and oxygen atoms in total. The number of amides is 1. The summed E-state index contributed by atoms with van der Waals surface area (Å²) in [6.45, 7) is 8.08. The van der Waals surface area contributed by atoms with Crippen LogP contribution in [0.2, 0.25) is 0 Å². The second kappa shape index (κ2) is 4.98. The number of halogens is 1. The van der Waals surface area contributed by atoms with Crippen molar-refractivity contribution in [2.45, 2.75) is 39.3 Å². The van der Waals surface area contributed by atoms with Gasteiger partial charge in [-0.3, -0.25) is 4.68 Å². The molecule has 21 heavy (non-hydrogen) atoms. The van der Waals surface area contributed by atoms with Gasteiger partial charge in [-0.25, -0.2) is 4.79 Å². The Balaban J connectivity index is 2.09. The summed E-state index contributed by atoms with van der Waals surface area (Å²) in [5.74, 6) is 0. The van der Waals surface area contributed by atoms with Gasteiger partial charge in [0.15, 0.2) is 0 Å². The maximum absolute atomic E-state index is 11.6. The third-order valence-electron chi connectivity index (χ3n) is 4.21. The van der Waals surface area contributed by atoms with Gasteiger partial charge in [0.25, 0.3) is 0 Å². The first-order valence-electron chi connectivity index (χ1n) is 7.14. The van der Waals surface area contributed by atoms with Crippen molar-refractivity contribution in [1.29, 1.82) is 0 Å². The van der Waals surface area contributed by atoms with Crippen molar-refractivity contribution in [2.24, 2.45) is 5.41 Å². The third-order valence-corrected chi connectivity index (χ3v) is 4.80. The van der Waals surface area contributed by atoms with Crippen molar-refractivity contribution in [3.63, 3.8) is 0 Å². The molecule has 2 aliphatic rings. The molecule has 1 amide bonds. The van der Waals surface area contributed by atoms with Crippen LogP contribution in [0.1, 0.15) is 44.1 Å². The Morgan fingerprint density at radius 2 is 2.10 bits per heavy atom. The number of aromatic nitrogens is 2. The van der Waals surface area contributed by atoms with Gasteiger partial charge in [0.1, 0.15) is 4.60 Å². The Morgan fingerprint density at radius 3 is 2.57 bits per heavy atom. The average Bonchev–Trinajstić information content (AvgIpc) is 2.62. The summed E-state index contributed by atoms with van der Waals surface area (Å²) in [6, 6.07) is 0.0879. The van der Waals surface area contributed by atoms with Crippen LogP contribution in [0.15, 0.2) is 4.60 Å². The van der Waals surface area contributed by atoms with Crippen LogP contribution >= 0.6 is 15.9 Å². The second-order valence-electron chi connectivity index (χ2n) is 6.78. The molecule has 1 aromatic rings. The van der Waals surface area contributed by atoms with Gasteiger partial charge in [0.2, 0.25) is 0 Å². The van der Waals surface area contributed by atoms with Gasteiger partial charge in [-0.05, 0) is 21.3 Å². The summed E-state index contributed by atoms with van der Waals surface area (Å²) in [4.78, 5) is 13.1. The minimum atomic E-state index is -0.868. The molecule has 7 heteroatoms. The number of carboxylic acid groups (broad SMARTS) is 1. The van der Waals surface area contributed by atoms with E-state index in [1.165, 1.54) is 4.90 Å². The Bertz CT molecular complexity index is 575. The SMILES string of the molecule is CC(C)(C)C1c2c(Br)nn(C3COC3)c2CCN1C(=O)O. The molecule has 3 heterocycles. The zero-order valence-electron chi connectivity index (χ0n) is 12.5. The molecular formula is C14H20BrN3O3. The van der Waals surface area contributed by atoms with E-state index in [9.17, 15) is 9.90 Å². The van der Waals surface area contributed by atoms with E-state index in [2.05, 4.69) is 41.8 Å². The number of fused-ring (bicyclic) bond motifs is 1. The molecule has 1 unspecified atom stereocenters. The van der Waals surface area contributed by atoms with Gasteiger partial charge < -0.3 is 14.7 Å². The van der Waals surface area contributed by atoms with Crippen LogP contribution in [0.3, 0.4) is 0 Å². The molecule has 1 fully saturated rings. The lowest BCUT2D eigenvalue weighted by atomic mass is 9.79. The topological polar surface area (TPSA) is 67.6 Å². The van der Waals surface area contributed by atoms with Gasteiger partial charge in [-0.1, -0.05) is 20.8 Å². The Labute approximate surface area is 132 Å². The molecule has 0 aliphatic carbocycles. The minimum Gasteiger partial charge on any atom is -0.465 e. The molecular weight excluding hydrogens is 338 g/mol. The number of hydrogen-bond donors (Lipinski definition) is 1. The highest BCUT2D eigenvalue weighted by atomic mass is 79.9. The summed E-state index contributed by atoms with van der Waals surface area (Å²) in [7, 11) is 0. The van der Waals surface area contributed by atoms with Crippen LogP contribution in [-0.4, -0.2) is 45.6 Å². The highest BCUT2D eigenvalue weighted by Gasteiger charge is 2.43. The van der Waals surface area contributed by atoms with Crippen LogP contribution in [0.25, 0.3) is 0 Å². The first-order chi connectivity index (χ1) is 9.80. The standard InChI is InChI=1S/C14H20BrN3O3/c1-14(2,3)11-10-9(4-5-17(11)13(19)20)18(16-12(10)15)8-6-21-7-8/h8,11H,4-7H2,1-3H3,(H,19,20). The lowest BCUT2D eigenvalue weighted by molar-refractivity contribution is -0.0306. The number of carbonyl (C=O) groups is 1. The van der Waals surface area contributed by atoms with E-state index in [4.69, 9.17) is 4.74 Å². The first-order valence-corrected chi connectivity index (χ1v) is 7.94. The van der Waals surface area contributed by atoms with Crippen LogP contribution in [0, 0.1) is 5.41 Å². The summed E-state index contributed by atoms with van der Waals surface area (Å²) in [5.41, 5.74) is 1.97. The molecule has 1 N–H and O–H groups in total. The van der Waals surface area contributed by atoms with Crippen molar-refractivity contribution in [1.82, 2.24) is 14.7 Å². The molecule has 1 saturated heterocycles. The number of ether oxygens (including phenoxy) is 1. The molecule has 0 bridgehead atoms. The first kappa shape index (κ1) is 14.8. The number of hydrogen-bond acceptors (Lipinski definition) is 3. The minimum absolute atomic E-state index is 0.192. The van der Waals surface area contributed by atoms with Crippen molar-refractivity contribution in [2.75, 3.05) is 19.8 Å². The Kier molecular flexibility index (Phi) is 3.52. The van der Waals surface area contributed by atoms with Gasteiger partial charge in [0, 0.05) is 24.2 Å². The predicted octanol–water partition coefficient (Wildman–Crippen LogP) is 2.84. The Hall–Kier alpha value is -1.08. The zero-order valence-corrected chi connectivity index (χ0v) is 14.1. The zero-order chi connectivity index (χ0) is 15.4. The predicted molar refractivity (Wildman–Crippen MR) is 80.4 cm³/mol.